The molecule has 0 saturated carbocycles. The first kappa shape index (κ1) is 16.3. The van der Waals surface area contributed by atoms with Gasteiger partial charge in [-0.05, 0) is 36.4 Å². The molecule has 1 fully saturated rings. The van der Waals surface area contributed by atoms with E-state index in [4.69, 9.17) is 0 Å². The smallest absolute Gasteiger partial charge is 0.368 e. The summed E-state index contributed by atoms with van der Waals surface area (Å²) in [5.41, 5.74) is 0.619. The number of piperazine rings is 1. The molecule has 1 amide bonds. The van der Waals surface area contributed by atoms with Crippen LogP contribution < -0.4 is 4.90 Å². The number of hydrogen-bond donors (Lipinski definition) is 0. The number of anilines is 1. The highest BCUT2D eigenvalue weighted by Crippen LogP contribution is 2.30. The van der Waals surface area contributed by atoms with Gasteiger partial charge < -0.3 is 9.80 Å². The summed E-state index contributed by atoms with van der Waals surface area (Å²) in [4.78, 5) is 20.0. The van der Waals surface area contributed by atoms with E-state index in [0.717, 1.165) is 17.8 Å². The van der Waals surface area contributed by atoms with Crippen molar-refractivity contribution in [2.24, 2.45) is 0 Å². The van der Waals surface area contributed by atoms with Gasteiger partial charge in [-0.1, -0.05) is 0 Å². The van der Waals surface area contributed by atoms with Gasteiger partial charge in [0.15, 0.2) is 0 Å². The molecule has 1 aliphatic rings. The summed E-state index contributed by atoms with van der Waals surface area (Å²) in [6.45, 7) is 2.21. The van der Waals surface area contributed by atoms with Crippen molar-refractivity contribution in [3.05, 3.63) is 59.9 Å². The first-order valence-electron chi connectivity index (χ1n) is 7.56. The maximum absolute atomic E-state index is 12.6. The monoisotopic (exact) mass is 335 g/mol. The Morgan fingerprint density at radius 3 is 2.21 bits per heavy atom. The minimum Gasteiger partial charge on any atom is -0.368 e. The van der Waals surface area contributed by atoms with E-state index in [1.807, 2.05) is 4.90 Å². The van der Waals surface area contributed by atoms with E-state index in [0.29, 0.717) is 31.7 Å². The quantitative estimate of drug-likeness (QED) is 0.846. The van der Waals surface area contributed by atoms with Gasteiger partial charge in [-0.3, -0.25) is 9.78 Å². The van der Waals surface area contributed by atoms with Crippen LogP contribution in [0, 0.1) is 0 Å². The summed E-state index contributed by atoms with van der Waals surface area (Å²) in [6.07, 6.45) is -1.18. The van der Waals surface area contributed by atoms with Crippen LogP contribution >= 0.6 is 0 Å². The molecule has 1 saturated heterocycles. The zero-order chi connectivity index (χ0) is 17.2. The Labute approximate surface area is 137 Å². The molecule has 1 aliphatic heterocycles. The van der Waals surface area contributed by atoms with Crippen molar-refractivity contribution in [1.29, 1.82) is 0 Å². The number of hydrogen-bond acceptors (Lipinski definition) is 3. The summed E-state index contributed by atoms with van der Waals surface area (Å²) in [5.74, 6) is -0.0739. The van der Waals surface area contributed by atoms with Crippen LogP contribution in [0.2, 0.25) is 0 Å². The van der Waals surface area contributed by atoms with Crippen LogP contribution in [0.5, 0.6) is 0 Å². The molecule has 0 aliphatic carbocycles. The van der Waals surface area contributed by atoms with Crippen molar-refractivity contribution < 1.29 is 18.0 Å². The van der Waals surface area contributed by atoms with E-state index in [1.54, 1.807) is 23.2 Å². The van der Waals surface area contributed by atoms with E-state index in [-0.39, 0.29) is 5.91 Å². The van der Waals surface area contributed by atoms with Crippen LogP contribution in [0.25, 0.3) is 0 Å². The number of halogens is 3. The van der Waals surface area contributed by atoms with E-state index < -0.39 is 11.7 Å². The largest absolute Gasteiger partial charge is 0.416 e. The predicted octanol–water partition coefficient (Wildman–Crippen LogP) is 3.06. The molecule has 0 atom stereocenters. The van der Waals surface area contributed by atoms with Crippen molar-refractivity contribution in [3.8, 4) is 0 Å². The highest BCUT2D eigenvalue weighted by molar-refractivity contribution is 5.94. The average Bonchev–Trinajstić information content (AvgIpc) is 2.61. The molecular formula is C17H16F3N3O. The first-order chi connectivity index (χ1) is 11.4. The molecule has 0 radical (unpaired) electrons. The fourth-order valence-electron chi connectivity index (χ4n) is 2.70. The number of rotatable bonds is 2. The highest BCUT2D eigenvalue weighted by atomic mass is 19.4. The van der Waals surface area contributed by atoms with Crippen molar-refractivity contribution in [2.75, 3.05) is 31.1 Å². The Bertz CT molecular complexity index is 693. The minimum atomic E-state index is -4.33. The average molecular weight is 335 g/mol. The third-order valence-corrected chi connectivity index (χ3v) is 4.04. The van der Waals surface area contributed by atoms with Gasteiger partial charge >= 0.3 is 6.18 Å². The summed E-state index contributed by atoms with van der Waals surface area (Å²) in [7, 11) is 0. The van der Waals surface area contributed by atoms with E-state index in [2.05, 4.69) is 4.98 Å². The molecular weight excluding hydrogens is 319 g/mol. The van der Waals surface area contributed by atoms with Gasteiger partial charge in [-0.2, -0.15) is 13.2 Å². The van der Waals surface area contributed by atoms with Crippen LogP contribution in [0.4, 0.5) is 18.9 Å². The number of pyridine rings is 1. The van der Waals surface area contributed by atoms with E-state index in [9.17, 15) is 18.0 Å². The maximum Gasteiger partial charge on any atom is 0.416 e. The van der Waals surface area contributed by atoms with E-state index >= 15 is 0 Å². The van der Waals surface area contributed by atoms with Gasteiger partial charge in [0.25, 0.3) is 5.91 Å². The number of carbonyl (C=O) groups excluding carboxylic acids is 1. The number of amides is 1. The molecule has 3 rings (SSSR count). The molecule has 1 aromatic heterocycles. The number of nitrogens with zero attached hydrogens (tertiary/aromatic N) is 3. The normalized spacial score (nSPS) is 15.5. The number of alkyl halides is 3. The topological polar surface area (TPSA) is 36.4 Å². The lowest BCUT2D eigenvalue weighted by Crippen LogP contribution is -2.48. The molecule has 0 bridgehead atoms. The minimum absolute atomic E-state index is 0.0739. The van der Waals surface area contributed by atoms with Crippen molar-refractivity contribution in [2.45, 2.75) is 6.18 Å². The van der Waals surface area contributed by atoms with Gasteiger partial charge in [0.05, 0.1) is 11.1 Å². The van der Waals surface area contributed by atoms with Crippen molar-refractivity contribution >= 4 is 11.6 Å². The zero-order valence-corrected chi connectivity index (χ0v) is 12.8. The molecule has 126 valence electrons. The summed E-state index contributed by atoms with van der Waals surface area (Å²) >= 11 is 0. The number of benzene rings is 1. The molecule has 0 N–H and O–H groups in total. The summed E-state index contributed by atoms with van der Waals surface area (Å²) < 4.78 is 37.8. The SMILES string of the molecule is O=C(c1cccnc1)N1CCN(c2ccc(C(F)(F)F)cc2)CC1. The van der Waals surface area contributed by atoms with Crippen molar-refractivity contribution in [3.63, 3.8) is 0 Å². The van der Waals surface area contributed by atoms with Crippen LogP contribution in [0.3, 0.4) is 0 Å². The van der Waals surface area contributed by atoms with Gasteiger partial charge in [-0.25, -0.2) is 0 Å². The Hall–Kier alpha value is -2.57. The third kappa shape index (κ3) is 3.50. The van der Waals surface area contributed by atoms with Gasteiger partial charge in [0.2, 0.25) is 0 Å². The Balaban J connectivity index is 1.62. The zero-order valence-electron chi connectivity index (χ0n) is 12.8. The van der Waals surface area contributed by atoms with Crippen LogP contribution in [0.1, 0.15) is 15.9 Å². The Kier molecular flexibility index (Phi) is 4.42. The molecule has 0 spiro atoms. The van der Waals surface area contributed by atoms with Gasteiger partial charge in [0, 0.05) is 44.3 Å². The maximum atomic E-state index is 12.6. The molecule has 1 aromatic carbocycles. The molecule has 24 heavy (non-hydrogen) atoms. The van der Waals surface area contributed by atoms with Crippen molar-refractivity contribution in [1.82, 2.24) is 9.88 Å². The van der Waals surface area contributed by atoms with Gasteiger partial charge in [-0.15, -0.1) is 0 Å². The van der Waals surface area contributed by atoms with E-state index in [1.165, 1.54) is 18.3 Å². The van der Waals surface area contributed by atoms with Crippen LogP contribution in [-0.2, 0) is 6.18 Å². The lowest BCUT2D eigenvalue weighted by Gasteiger charge is -2.36. The standard InChI is InChI=1S/C17H16F3N3O/c18-17(19,20)14-3-5-15(6-4-14)22-8-10-23(11-9-22)16(24)13-2-1-7-21-12-13/h1-7,12H,8-11H2. The fraction of sp³-hybridized carbons (Fsp3) is 0.294. The molecule has 2 heterocycles. The molecule has 2 aromatic rings. The second kappa shape index (κ2) is 6.51. The third-order valence-electron chi connectivity index (χ3n) is 4.04. The molecule has 4 nitrogen and oxygen atoms in total. The molecule has 7 heteroatoms. The highest BCUT2D eigenvalue weighted by Gasteiger charge is 2.30. The number of aromatic nitrogens is 1. The Morgan fingerprint density at radius 2 is 1.67 bits per heavy atom. The number of carbonyl (C=O) groups is 1. The first-order valence-corrected chi connectivity index (χ1v) is 7.56. The predicted molar refractivity (Wildman–Crippen MR) is 83.8 cm³/mol. The van der Waals surface area contributed by atoms with Crippen LogP contribution in [-0.4, -0.2) is 42.0 Å². The summed E-state index contributed by atoms with van der Waals surface area (Å²) in [5, 5.41) is 0. The summed E-state index contributed by atoms with van der Waals surface area (Å²) in [6, 6.07) is 8.55. The Morgan fingerprint density at radius 1 is 1.00 bits per heavy atom. The van der Waals surface area contributed by atoms with Gasteiger partial charge in [0.1, 0.15) is 0 Å². The lowest BCUT2D eigenvalue weighted by atomic mass is 10.1. The second-order valence-electron chi connectivity index (χ2n) is 5.57. The second-order valence-corrected chi connectivity index (χ2v) is 5.57. The molecule has 0 unspecified atom stereocenters. The fourth-order valence-corrected chi connectivity index (χ4v) is 2.70. The lowest BCUT2D eigenvalue weighted by molar-refractivity contribution is -0.137. The van der Waals surface area contributed by atoms with Crippen LogP contribution in [0.15, 0.2) is 48.8 Å².